The lowest BCUT2D eigenvalue weighted by Gasteiger charge is -2.14. The van der Waals surface area contributed by atoms with Crippen molar-refractivity contribution in [3.63, 3.8) is 0 Å². The first-order chi connectivity index (χ1) is 11.6. The number of hydrogen-bond donors (Lipinski definition) is 1. The molecule has 0 saturated heterocycles. The zero-order valence-electron chi connectivity index (χ0n) is 13.5. The minimum absolute atomic E-state index is 0.237. The van der Waals surface area contributed by atoms with Gasteiger partial charge in [0.2, 0.25) is 0 Å². The van der Waals surface area contributed by atoms with Crippen LogP contribution >= 0.6 is 0 Å². The molecule has 122 valence electrons. The molecular weight excluding hydrogens is 307 g/mol. The van der Waals surface area contributed by atoms with Crippen LogP contribution in [-0.2, 0) is 6.54 Å². The summed E-state index contributed by atoms with van der Waals surface area (Å²) in [6.07, 6.45) is 1.85. The van der Waals surface area contributed by atoms with Crippen LogP contribution in [0.3, 0.4) is 0 Å². The van der Waals surface area contributed by atoms with Gasteiger partial charge in [-0.05, 0) is 37.6 Å². The number of rotatable bonds is 3. The van der Waals surface area contributed by atoms with Gasteiger partial charge in [0.1, 0.15) is 11.6 Å². The third kappa shape index (κ3) is 2.40. The van der Waals surface area contributed by atoms with Gasteiger partial charge in [0.05, 0.1) is 29.2 Å². The molecule has 0 unspecified atom stereocenters. The Morgan fingerprint density at radius 3 is 2.75 bits per heavy atom. The summed E-state index contributed by atoms with van der Waals surface area (Å²) in [7, 11) is 0. The van der Waals surface area contributed by atoms with Gasteiger partial charge < -0.3 is 14.4 Å². The summed E-state index contributed by atoms with van der Waals surface area (Å²) in [5, 5.41) is 7.40. The van der Waals surface area contributed by atoms with Crippen LogP contribution in [0.15, 0.2) is 39.8 Å². The first-order valence-corrected chi connectivity index (χ1v) is 7.81. The van der Waals surface area contributed by atoms with E-state index in [9.17, 15) is 4.39 Å². The molecule has 24 heavy (non-hydrogen) atoms. The predicted octanol–water partition coefficient (Wildman–Crippen LogP) is 4.08. The van der Waals surface area contributed by atoms with E-state index in [0.717, 1.165) is 39.8 Å². The summed E-state index contributed by atoms with van der Waals surface area (Å²) in [6, 6.07) is 8.60. The first-order valence-electron chi connectivity index (χ1n) is 7.81. The number of nitrogens with one attached hydrogen (secondary N) is 1. The van der Waals surface area contributed by atoms with Crippen molar-refractivity contribution in [2.24, 2.45) is 4.99 Å². The van der Waals surface area contributed by atoms with Crippen molar-refractivity contribution >= 4 is 17.7 Å². The molecule has 2 aromatic heterocycles. The minimum Gasteiger partial charge on any atom is -0.377 e. The van der Waals surface area contributed by atoms with Crippen molar-refractivity contribution < 1.29 is 8.91 Å². The number of benzene rings is 1. The zero-order chi connectivity index (χ0) is 16.7. The highest BCUT2D eigenvalue weighted by atomic mass is 19.1. The van der Waals surface area contributed by atoms with E-state index in [1.165, 1.54) is 12.1 Å². The lowest BCUT2D eigenvalue weighted by Crippen LogP contribution is -2.08. The summed E-state index contributed by atoms with van der Waals surface area (Å²) in [4.78, 5) is 4.55. The average Bonchev–Trinajstić information content (AvgIpc) is 3.10. The monoisotopic (exact) mass is 324 g/mol. The Labute approximate surface area is 138 Å². The molecule has 1 aliphatic rings. The zero-order valence-corrected chi connectivity index (χ0v) is 13.5. The number of aliphatic imine (C=N–C) groups is 1. The normalized spacial score (nSPS) is 13.0. The van der Waals surface area contributed by atoms with Crippen LogP contribution in [0.2, 0.25) is 0 Å². The van der Waals surface area contributed by atoms with E-state index in [1.807, 2.05) is 20.1 Å². The molecule has 0 atom stereocenters. The molecule has 6 heteroatoms. The molecule has 0 amide bonds. The number of nitrogens with zero attached hydrogens (tertiary/aromatic N) is 3. The fourth-order valence-electron chi connectivity index (χ4n) is 3.08. The van der Waals surface area contributed by atoms with Crippen molar-refractivity contribution in [3.05, 3.63) is 53.2 Å². The molecule has 3 aromatic rings. The number of hydrogen-bond acceptors (Lipinski definition) is 4. The van der Waals surface area contributed by atoms with Gasteiger partial charge >= 0.3 is 0 Å². The molecule has 0 radical (unpaired) electrons. The van der Waals surface area contributed by atoms with Crippen LogP contribution in [0.1, 0.15) is 17.0 Å². The lowest BCUT2D eigenvalue weighted by atomic mass is 10.1. The summed E-state index contributed by atoms with van der Waals surface area (Å²) >= 11 is 0. The Hall–Kier alpha value is -2.89. The van der Waals surface area contributed by atoms with Crippen LogP contribution in [0.4, 0.5) is 15.9 Å². The maximum absolute atomic E-state index is 13.2. The summed E-state index contributed by atoms with van der Waals surface area (Å²) in [5.41, 5.74) is 4.79. The highest BCUT2D eigenvalue weighted by Gasteiger charge is 2.22. The van der Waals surface area contributed by atoms with E-state index in [2.05, 4.69) is 26.1 Å². The number of aryl methyl sites for hydroxylation is 2. The van der Waals surface area contributed by atoms with Crippen molar-refractivity contribution in [3.8, 4) is 11.3 Å². The number of fused-ring (bicyclic) bond motifs is 1. The van der Waals surface area contributed by atoms with E-state index in [4.69, 9.17) is 4.52 Å². The Morgan fingerprint density at radius 1 is 1.25 bits per heavy atom. The largest absolute Gasteiger partial charge is 0.377 e. The lowest BCUT2D eigenvalue weighted by molar-refractivity contribution is 0.393. The molecule has 0 saturated carbocycles. The molecular formula is C18H17FN4O. The molecule has 0 bridgehead atoms. The molecule has 0 spiro atoms. The first kappa shape index (κ1) is 14.7. The molecule has 0 aliphatic carbocycles. The van der Waals surface area contributed by atoms with Crippen LogP contribution < -0.4 is 5.32 Å². The molecule has 1 aromatic carbocycles. The smallest absolute Gasteiger partial charge is 0.156 e. The van der Waals surface area contributed by atoms with Gasteiger partial charge in [-0.15, -0.1) is 0 Å². The molecule has 5 nitrogen and oxygen atoms in total. The summed E-state index contributed by atoms with van der Waals surface area (Å²) in [6.45, 7) is 5.12. The van der Waals surface area contributed by atoms with Gasteiger partial charge in [-0.1, -0.05) is 17.3 Å². The second kappa shape index (κ2) is 5.63. The van der Waals surface area contributed by atoms with Crippen molar-refractivity contribution in [1.29, 1.82) is 0 Å². The van der Waals surface area contributed by atoms with E-state index >= 15 is 0 Å². The van der Waals surface area contributed by atoms with Gasteiger partial charge in [0.25, 0.3) is 0 Å². The van der Waals surface area contributed by atoms with Crippen molar-refractivity contribution in [1.82, 2.24) is 9.72 Å². The van der Waals surface area contributed by atoms with Crippen LogP contribution in [0.5, 0.6) is 0 Å². The third-order valence-corrected chi connectivity index (χ3v) is 4.21. The number of anilines is 1. The standard InChI is InChI=1S/C18H17FN4O/c1-11-17(12(2)24-22-11)16-9-15-18(21-8-7-20-15)23(16)10-13-3-5-14(19)6-4-13/h3-6,8-9,20H,7,10H2,1-2H3. The minimum atomic E-state index is -0.237. The Kier molecular flexibility index (Phi) is 3.45. The van der Waals surface area contributed by atoms with E-state index in [1.54, 1.807) is 12.1 Å². The SMILES string of the molecule is Cc1noc(C)c1-c1cc2c(n1Cc1ccc(F)cc1)N=CCN2. The molecule has 4 rings (SSSR count). The maximum atomic E-state index is 13.2. The summed E-state index contributed by atoms with van der Waals surface area (Å²) in [5.74, 6) is 1.39. The third-order valence-electron chi connectivity index (χ3n) is 4.21. The molecule has 1 N–H and O–H groups in total. The van der Waals surface area contributed by atoms with E-state index in [-0.39, 0.29) is 5.82 Å². The fraction of sp³-hybridized carbons (Fsp3) is 0.222. The predicted molar refractivity (Wildman–Crippen MR) is 91.5 cm³/mol. The van der Waals surface area contributed by atoms with Gasteiger partial charge in [0, 0.05) is 12.8 Å². The average molecular weight is 324 g/mol. The highest BCUT2D eigenvalue weighted by molar-refractivity contribution is 5.84. The van der Waals surface area contributed by atoms with Crippen molar-refractivity contribution in [2.45, 2.75) is 20.4 Å². The Morgan fingerprint density at radius 2 is 2.04 bits per heavy atom. The van der Waals surface area contributed by atoms with Crippen LogP contribution in [-0.4, -0.2) is 22.5 Å². The van der Waals surface area contributed by atoms with Crippen LogP contribution in [0, 0.1) is 19.7 Å². The topological polar surface area (TPSA) is 55.4 Å². The highest BCUT2D eigenvalue weighted by Crippen LogP contribution is 2.39. The number of aromatic nitrogens is 2. The van der Waals surface area contributed by atoms with Crippen LogP contribution in [0.25, 0.3) is 11.3 Å². The van der Waals surface area contributed by atoms with Gasteiger partial charge in [-0.3, -0.25) is 0 Å². The van der Waals surface area contributed by atoms with E-state index < -0.39 is 0 Å². The van der Waals surface area contributed by atoms with Gasteiger partial charge in [-0.25, -0.2) is 9.38 Å². The second-order valence-corrected chi connectivity index (χ2v) is 5.87. The van der Waals surface area contributed by atoms with Gasteiger partial charge in [0.15, 0.2) is 5.82 Å². The second-order valence-electron chi connectivity index (χ2n) is 5.87. The molecule has 3 heterocycles. The Balaban J connectivity index is 1.86. The molecule has 0 fully saturated rings. The summed E-state index contributed by atoms with van der Waals surface area (Å²) < 4.78 is 20.6. The van der Waals surface area contributed by atoms with Gasteiger partial charge in [-0.2, -0.15) is 0 Å². The Bertz CT molecular complexity index is 902. The quantitative estimate of drug-likeness (QED) is 0.790. The molecule has 1 aliphatic heterocycles. The fourth-order valence-corrected chi connectivity index (χ4v) is 3.08. The van der Waals surface area contributed by atoms with Crippen molar-refractivity contribution in [2.75, 3.05) is 11.9 Å². The van der Waals surface area contributed by atoms with E-state index in [0.29, 0.717) is 13.1 Å². The number of halogens is 1. The maximum Gasteiger partial charge on any atom is 0.156 e.